The van der Waals surface area contributed by atoms with Gasteiger partial charge in [0.05, 0.1) is 0 Å². The molecule has 0 fully saturated rings. The summed E-state index contributed by atoms with van der Waals surface area (Å²) in [7, 11) is -4.47. The second-order valence-electron chi connectivity index (χ2n) is 10.9. The second kappa shape index (κ2) is 16.5. The average Bonchev–Trinajstić information content (AvgIpc) is 2.99. The highest BCUT2D eigenvalue weighted by Gasteiger charge is 2.37. The third-order valence-electron chi connectivity index (χ3n) is 6.92. The number of carbonyl (C=O) groups is 4. The van der Waals surface area contributed by atoms with Gasteiger partial charge in [-0.05, 0) is 41.7 Å². The quantitative estimate of drug-likeness (QED) is 0.160. The standard InChI is InChI=1S/C33H38FN4O6P/c1-22(2)30(33(42)36-27(31(35)40)18-9-15-23-11-5-3-6-12-23)37-28(39)21-45(43,44)29(19-24-13-7-4-8-14-24)38-32(41)25-16-10-17-26(34)20-25/h3-17,20,22,27,29-30H,18-19,21H2,1-2H3,(H2,35,40)(H,36,42)(H,37,39)(H,38,41)(H,43,44)/b15-9+/t27-,29?,30?/m0/s1. The summed E-state index contributed by atoms with van der Waals surface area (Å²) in [5.41, 5.74) is 6.97. The van der Waals surface area contributed by atoms with Crippen LogP contribution in [0.1, 0.15) is 41.8 Å². The highest BCUT2D eigenvalue weighted by Crippen LogP contribution is 2.46. The number of halogens is 1. The third-order valence-corrected chi connectivity index (χ3v) is 8.95. The van der Waals surface area contributed by atoms with Gasteiger partial charge >= 0.3 is 0 Å². The van der Waals surface area contributed by atoms with Crippen LogP contribution in [0.2, 0.25) is 0 Å². The van der Waals surface area contributed by atoms with Crippen LogP contribution in [0.25, 0.3) is 6.08 Å². The molecule has 0 heterocycles. The Morgan fingerprint density at radius 2 is 1.56 bits per heavy atom. The third kappa shape index (κ3) is 11.1. The molecule has 3 rings (SSSR count). The van der Waals surface area contributed by atoms with Gasteiger partial charge in [-0.2, -0.15) is 0 Å². The average molecular weight is 637 g/mol. The summed E-state index contributed by atoms with van der Waals surface area (Å²) >= 11 is 0. The first kappa shape index (κ1) is 34.9. The van der Waals surface area contributed by atoms with Crippen molar-refractivity contribution in [2.75, 3.05) is 6.16 Å². The lowest BCUT2D eigenvalue weighted by molar-refractivity contribution is -0.131. The summed E-state index contributed by atoms with van der Waals surface area (Å²) in [4.78, 5) is 62.3. The molecule has 12 heteroatoms. The van der Waals surface area contributed by atoms with Gasteiger partial charge in [0.2, 0.25) is 25.1 Å². The predicted molar refractivity (Wildman–Crippen MR) is 170 cm³/mol. The number of nitrogens with two attached hydrogens (primary N) is 1. The molecule has 0 radical (unpaired) electrons. The molecule has 0 bridgehead atoms. The number of amides is 4. The summed E-state index contributed by atoms with van der Waals surface area (Å²) in [5.74, 6) is -5.68. The number of primary amides is 1. The Morgan fingerprint density at radius 1 is 0.911 bits per heavy atom. The summed E-state index contributed by atoms with van der Waals surface area (Å²) in [6.07, 6.45) is 2.58. The first-order valence-corrected chi connectivity index (χ1v) is 16.3. The lowest BCUT2D eigenvalue weighted by Crippen LogP contribution is -2.55. The van der Waals surface area contributed by atoms with E-state index in [1.54, 1.807) is 56.3 Å². The van der Waals surface area contributed by atoms with E-state index in [-0.39, 0.29) is 18.4 Å². The van der Waals surface area contributed by atoms with Crippen molar-refractivity contribution in [2.24, 2.45) is 11.7 Å². The van der Waals surface area contributed by atoms with Crippen LogP contribution < -0.4 is 21.7 Å². The number of benzene rings is 3. The van der Waals surface area contributed by atoms with Crippen LogP contribution in [-0.4, -0.2) is 52.6 Å². The first-order chi connectivity index (χ1) is 21.4. The van der Waals surface area contributed by atoms with Crippen LogP contribution in [0, 0.1) is 11.7 Å². The summed E-state index contributed by atoms with van der Waals surface area (Å²) < 4.78 is 27.3. The van der Waals surface area contributed by atoms with Crippen LogP contribution in [0.3, 0.4) is 0 Å². The molecular formula is C33H38FN4O6P. The van der Waals surface area contributed by atoms with Gasteiger partial charge in [0, 0.05) is 12.0 Å². The lowest BCUT2D eigenvalue weighted by atomic mass is 10.0. The molecule has 6 N–H and O–H groups in total. The Morgan fingerprint density at radius 3 is 2.16 bits per heavy atom. The molecule has 0 aliphatic heterocycles. The van der Waals surface area contributed by atoms with Crippen molar-refractivity contribution in [3.63, 3.8) is 0 Å². The number of hydrogen-bond donors (Lipinski definition) is 5. The van der Waals surface area contributed by atoms with Crippen molar-refractivity contribution in [2.45, 2.75) is 44.6 Å². The van der Waals surface area contributed by atoms with Crippen LogP contribution >= 0.6 is 7.37 Å². The van der Waals surface area contributed by atoms with Gasteiger partial charge in [0.25, 0.3) is 5.91 Å². The van der Waals surface area contributed by atoms with Gasteiger partial charge in [-0.25, -0.2) is 4.39 Å². The van der Waals surface area contributed by atoms with E-state index in [0.29, 0.717) is 5.56 Å². The zero-order valence-corrected chi connectivity index (χ0v) is 26.0. The van der Waals surface area contributed by atoms with Crippen LogP contribution in [0.5, 0.6) is 0 Å². The monoisotopic (exact) mass is 636 g/mol. The lowest BCUT2D eigenvalue weighted by Gasteiger charge is -2.27. The molecule has 10 nitrogen and oxygen atoms in total. The van der Waals surface area contributed by atoms with Gasteiger partial charge < -0.3 is 26.6 Å². The molecule has 0 spiro atoms. The zero-order chi connectivity index (χ0) is 33.0. The minimum Gasteiger partial charge on any atom is -0.368 e. The summed E-state index contributed by atoms with van der Waals surface area (Å²) in [5, 5.41) is 7.54. The SMILES string of the molecule is CC(C)C(NC(=O)CP(=O)(O)C(Cc1ccccc1)NC(=O)c1cccc(F)c1)C(=O)N[C@@H](C/C=C/c1ccccc1)C(N)=O. The van der Waals surface area contributed by atoms with Crippen molar-refractivity contribution in [3.8, 4) is 0 Å². The molecule has 4 amide bonds. The number of hydrogen-bond acceptors (Lipinski definition) is 5. The minimum absolute atomic E-state index is 0.0586. The fourth-order valence-electron chi connectivity index (χ4n) is 4.48. The van der Waals surface area contributed by atoms with Crippen molar-refractivity contribution >= 4 is 37.1 Å². The van der Waals surface area contributed by atoms with Gasteiger partial charge in [0.15, 0.2) is 0 Å². The van der Waals surface area contributed by atoms with Crippen LogP contribution in [0.4, 0.5) is 4.39 Å². The van der Waals surface area contributed by atoms with Crippen molar-refractivity contribution in [1.29, 1.82) is 0 Å². The minimum atomic E-state index is -4.47. The Bertz CT molecular complexity index is 1550. The Labute approximate surface area is 261 Å². The van der Waals surface area contributed by atoms with Crippen LogP contribution in [-0.2, 0) is 25.4 Å². The topological polar surface area (TPSA) is 168 Å². The van der Waals surface area contributed by atoms with Gasteiger partial charge in [0.1, 0.15) is 29.8 Å². The van der Waals surface area contributed by atoms with E-state index in [2.05, 4.69) is 16.0 Å². The summed E-state index contributed by atoms with van der Waals surface area (Å²) in [6.45, 7) is 3.32. The highest BCUT2D eigenvalue weighted by molar-refractivity contribution is 7.59. The molecule has 45 heavy (non-hydrogen) atoms. The number of carbonyl (C=O) groups excluding carboxylic acids is 4. The maximum Gasteiger partial charge on any atom is 0.252 e. The van der Waals surface area contributed by atoms with Gasteiger partial charge in [-0.3, -0.25) is 23.7 Å². The molecule has 0 aliphatic carbocycles. The molecule has 0 saturated heterocycles. The molecule has 238 valence electrons. The predicted octanol–water partition coefficient (Wildman–Crippen LogP) is 3.61. The maximum atomic E-state index is 13.7. The van der Waals surface area contributed by atoms with Gasteiger partial charge in [-0.1, -0.05) is 92.7 Å². The molecule has 3 aromatic rings. The van der Waals surface area contributed by atoms with Crippen molar-refractivity contribution in [3.05, 3.63) is 114 Å². The fourth-order valence-corrected chi connectivity index (χ4v) is 6.02. The molecule has 0 aromatic heterocycles. The largest absolute Gasteiger partial charge is 0.368 e. The van der Waals surface area contributed by atoms with E-state index in [1.165, 1.54) is 12.1 Å². The second-order valence-corrected chi connectivity index (χ2v) is 13.4. The number of rotatable bonds is 15. The zero-order valence-electron chi connectivity index (χ0n) is 25.1. The smallest absolute Gasteiger partial charge is 0.252 e. The van der Waals surface area contributed by atoms with Gasteiger partial charge in [-0.15, -0.1) is 0 Å². The normalized spacial score (nSPS) is 14.6. The number of nitrogens with one attached hydrogen (secondary N) is 3. The Kier molecular flexibility index (Phi) is 12.8. The fraction of sp³-hybridized carbons (Fsp3) is 0.273. The van der Waals surface area contributed by atoms with Crippen molar-refractivity contribution < 1.29 is 33.0 Å². The molecular weight excluding hydrogens is 598 g/mol. The van der Waals surface area contributed by atoms with Crippen LogP contribution in [0.15, 0.2) is 91.0 Å². The van der Waals surface area contributed by atoms with Crippen molar-refractivity contribution in [1.82, 2.24) is 16.0 Å². The Hall–Kier alpha value is -4.60. The molecule has 4 atom stereocenters. The molecule has 3 unspecified atom stereocenters. The van der Waals surface area contributed by atoms with E-state index in [0.717, 1.165) is 17.7 Å². The summed E-state index contributed by atoms with van der Waals surface area (Å²) in [6, 6.07) is 20.5. The highest BCUT2D eigenvalue weighted by atomic mass is 31.2. The maximum absolute atomic E-state index is 13.7. The molecule has 0 aliphatic rings. The van der Waals surface area contributed by atoms with E-state index in [1.807, 2.05) is 30.3 Å². The Balaban J connectivity index is 1.71. The van der Waals surface area contributed by atoms with E-state index >= 15 is 0 Å². The first-order valence-electron chi connectivity index (χ1n) is 14.4. The molecule has 3 aromatic carbocycles. The van der Waals surface area contributed by atoms with E-state index in [4.69, 9.17) is 5.73 Å². The van der Waals surface area contributed by atoms with E-state index < -0.39 is 66.8 Å². The van der Waals surface area contributed by atoms with E-state index in [9.17, 15) is 33.0 Å². The molecule has 0 saturated carbocycles.